The standard InChI is InChI=1S/C12H6N2O2S/c15-11-8-3-1-2-4-9(8)12(16)10(11)5-7-6-17-14-13-7/h1-6H. The van der Waals surface area contributed by atoms with Crippen molar-refractivity contribution in [2.24, 2.45) is 0 Å². The number of aromatic nitrogens is 2. The van der Waals surface area contributed by atoms with E-state index >= 15 is 0 Å². The van der Waals surface area contributed by atoms with Crippen molar-refractivity contribution in [3.63, 3.8) is 0 Å². The summed E-state index contributed by atoms with van der Waals surface area (Å²) in [6, 6.07) is 6.82. The van der Waals surface area contributed by atoms with Crippen LogP contribution in [0.25, 0.3) is 6.08 Å². The van der Waals surface area contributed by atoms with Crippen LogP contribution in [0.1, 0.15) is 26.4 Å². The molecule has 0 saturated carbocycles. The van der Waals surface area contributed by atoms with Gasteiger partial charge in [0.2, 0.25) is 0 Å². The normalized spacial score (nSPS) is 14.0. The second-order valence-corrected chi connectivity index (χ2v) is 4.20. The third-order valence-electron chi connectivity index (χ3n) is 2.57. The first-order valence-corrected chi connectivity index (χ1v) is 5.78. The van der Waals surface area contributed by atoms with E-state index in [1.165, 1.54) is 17.6 Å². The zero-order valence-electron chi connectivity index (χ0n) is 8.58. The topological polar surface area (TPSA) is 59.9 Å². The molecule has 2 aromatic rings. The van der Waals surface area contributed by atoms with Gasteiger partial charge in [-0.15, -0.1) is 5.10 Å². The zero-order chi connectivity index (χ0) is 11.8. The van der Waals surface area contributed by atoms with Crippen molar-refractivity contribution in [3.05, 3.63) is 52.0 Å². The summed E-state index contributed by atoms with van der Waals surface area (Å²) in [6.45, 7) is 0. The van der Waals surface area contributed by atoms with Crippen molar-refractivity contribution in [3.8, 4) is 0 Å². The van der Waals surface area contributed by atoms with Gasteiger partial charge in [-0.2, -0.15) is 0 Å². The van der Waals surface area contributed by atoms with E-state index in [1.54, 1.807) is 29.6 Å². The first kappa shape index (κ1) is 10.0. The first-order chi connectivity index (χ1) is 8.27. The smallest absolute Gasteiger partial charge is 0.197 e. The molecule has 17 heavy (non-hydrogen) atoms. The summed E-state index contributed by atoms with van der Waals surface area (Å²) in [5, 5.41) is 5.49. The van der Waals surface area contributed by atoms with Crippen molar-refractivity contribution >= 4 is 29.2 Å². The third kappa shape index (κ3) is 1.52. The molecule has 1 aliphatic carbocycles. The van der Waals surface area contributed by atoms with E-state index in [2.05, 4.69) is 9.59 Å². The minimum Gasteiger partial charge on any atom is -0.288 e. The van der Waals surface area contributed by atoms with Gasteiger partial charge in [0.25, 0.3) is 0 Å². The number of nitrogens with zero attached hydrogens (tertiary/aromatic N) is 2. The maximum Gasteiger partial charge on any atom is 0.197 e. The molecule has 82 valence electrons. The van der Waals surface area contributed by atoms with Crippen LogP contribution in [0.15, 0.2) is 35.2 Å². The molecule has 1 aromatic heterocycles. The third-order valence-corrected chi connectivity index (χ3v) is 3.10. The molecule has 0 fully saturated rings. The Morgan fingerprint density at radius 3 is 2.24 bits per heavy atom. The number of fused-ring (bicyclic) bond motifs is 1. The molecule has 0 aliphatic heterocycles. The fourth-order valence-electron chi connectivity index (χ4n) is 1.79. The van der Waals surface area contributed by atoms with E-state index in [1.807, 2.05) is 0 Å². The Kier molecular flexibility index (Phi) is 2.19. The van der Waals surface area contributed by atoms with Gasteiger partial charge in [0.05, 0.1) is 11.3 Å². The molecular formula is C12H6N2O2S. The van der Waals surface area contributed by atoms with E-state index in [0.717, 1.165) is 0 Å². The summed E-state index contributed by atoms with van der Waals surface area (Å²) >= 11 is 1.18. The lowest BCUT2D eigenvalue weighted by molar-refractivity contribution is 0.0990. The Hall–Kier alpha value is -2.14. The quantitative estimate of drug-likeness (QED) is 0.567. The van der Waals surface area contributed by atoms with Crippen molar-refractivity contribution in [2.45, 2.75) is 0 Å². The largest absolute Gasteiger partial charge is 0.288 e. The van der Waals surface area contributed by atoms with Crippen molar-refractivity contribution < 1.29 is 9.59 Å². The van der Waals surface area contributed by atoms with Gasteiger partial charge in [-0.3, -0.25) is 9.59 Å². The molecule has 1 heterocycles. The van der Waals surface area contributed by atoms with Crippen LogP contribution in [0.5, 0.6) is 0 Å². The summed E-state index contributed by atoms with van der Waals surface area (Å²) in [5.74, 6) is -0.475. The number of hydrogen-bond acceptors (Lipinski definition) is 5. The molecule has 0 radical (unpaired) electrons. The highest BCUT2D eigenvalue weighted by molar-refractivity contribution is 7.03. The lowest BCUT2D eigenvalue weighted by atomic mass is 10.1. The second-order valence-electron chi connectivity index (χ2n) is 3.59. The minimum absolute atomic E-state index is 0.166. The highest BCUT2D eigenvalue weighted by Gasteiger charge is 2.32. The number of hydrogen-bond donors (Lipinski definition) is 0. The predicted octanol–water partition coefficient (Wildman–Crippen LogP) is 2.00. The molecule has 0 saturated heterocycles. The molecule has 3 rings (SSSR count). The molecule has 1 aromatic carbocycles. The van der Waals surface area contributed by atoms with Crippen LogP contribution in [0.4, 0.5) is 0 Å². The van der Waals surface area contributed by atoms with Crippen LogP contribution in [-0.2, 0) is 0 Å². The van der Waals surface area contributed by atoms with Crippen LogP contribution in [0, 0.1) is 0 Å². The maximum atomic E-state index is 12.0. The summed E-state index contributed by atoms with van der Waals surface area (Å²) < 4.78 is 3.69. The van der Waals surface area contributed by atoms with Crippen LogP contribution < -0.4 is 0 Å². The molecule has 5 heteroatoms. The minimum atomic E-state index is -0.237. The van der Waals surface area contributed by atoms with Gasteiger partial charge in [0.1, 0.15) is 0 Å². The maximum absolute atomic E-state index is 12.0. The number of allylic oxidation sites excluding steroid dienone is 1. The lowest BCUT2D eigenvalue weighted by Crippen LogP contribution is -2.00. The molecule has 0 bridgehead atoms. The molecular weight excluding hydrogens is 236 g/mol. The predicted molar refractivity (Wildman–Crippen MR) is 63.0 cm³/mol. The molecule has 4 nitrogen and oxygen atoms in total. The monoisotopic (exact) mass is 242 g/mol. The second kappa shape index (κ2) is 3.71. The fraction of sp³-hybridized carbons (Fsp3) is 0. The first-order valence-electron chi connectivity index (χ1n) is 4.94. The average Bonchev–Trinajstić information content (AvgIpc) is 2.94. The average molecular weight is 242 g/mol. The van der Waals surface area contributed by atoms with E-state index in [4.69, 9.17) is 0 Å². The number of ketones is 2. The van der Waals surface area contributed by atoms with Gasteiger partial charge in [-0.05, 0) is 17.6 Å². The summed E-state index contributed by atoms with van der Waals surface area (Å²) in [7, 11) is 0. The van der Waals surface area contributed by atoms with Crippen molar-refractivity contribution in [1.29, 1.82) is 0 Å². The Labute approximate surface area is 101 Å². The molecule has 0 atom stereocenters. The molecule has 0 unspecified atom stereocenters. The van der Waals surface area contributed by atoms with Gasteiger partial charge >= 0.3 is 0 Å². The van der Waals surface area contributed by atoms with Crippen molar-refractivity contribution in [2.75, 3.05) is 0 Å². The number of benzene rings is 1. The van der Waals surface area contributed by atoms with E-state index in [9.17, 15) is 9.59 Å². The van der Waals surface area contributed by atoms with Crippen LogP contribution in [0.3, 0.4) is 0 Å². The fourth-order valence-corrected chi connectivity index (χ4v) is 2.20. The van der Waals surface area contributed by atoms with Gasteiger partial charge in [0, 0.05) is 16.5 Å². The zero-order valence-corrected chi connectivity index (χ0v) is 9.40. The number of rotatable bonds is 1. The van der Waals surface area contributed by atoms with Crippen molar-refractivity contribution in [1.82, 2.24) is 9.59 Å². The summed E-state index contributed by atoms with van der Waals surface area (Å²) in [4.78, 5) is 24.0. The number of carbonyl (C=O) groups is 2. The van der Waals surface area contributed by atoms with E-state index in [0.29, 0.717) is 16.8 Å². The summed E-state index contributed by atoms with van der Waals surface area (Å²) in [6.07, 6.45) is 1.49. The Balaban J connectivity index is 2.13. The Morgan fingerprint density at radius 1 is 1.06 bits per heavy atom. The SMILES string of the molecule is O=C1C(=Cc2csnn2)C(=O)c2ccccc21. The number of carbonyl (C=O) groups excluding carboxylic acids is 2. The molecule has 0 amide bonds. The highest BCUT2D eigenvalue weighted by atomic mass is 32.1. The van der Waals surface area contributed by atoms with Gasteiger partial charge < -0.3 is 0 Å². The van der Waals surface area contributed by atoms with E-state index in [-0.39, 0.29) is 17.1 Å². The molecule has 0 N–H and O–H groups in total. The van der Waals surface area contributed by atoms with Gasteiger partial charge in [0.15, 0.2) is 11.6 Å². The molecule has 1 aliphatic rings. The molecule has 0 spiro atoms. The Morgan fingerprint density at radius 2 is 1.71 bits per heavy atom. The van der Waals surface area contributed by atoms with E-state index < -0.39 is 0 Å². The Bertz CT molecular complexity index is 607. The van der Waals surface area contributed by atoms with Gasteiger partial charge in [-0.1, -0.05) is 28.8 Å². The lowest BCUT2D eigenvalue weighted by Gasteiger charge is -1.90. The summed E-state index contributed by atoms with van der Waals surface area (Å²) in [5.41, 5.74) is 1.64. The van der Waals surface area contributed by atoms with Crippen LogP contribution >= 0.6 is 11.5 Å². The number of Topliss-reactive ketones (excluding diaryl/α,β-unsaturated/α-hetero) is 2. The highest BCUT2D eigenvalue weighted by Crippen LogP contribution is 2.27. The van der Waals surface area contributed by atoms with Crippen LogP contribution in [-0.4, -0.2) is 21.2 Å². The van der Waals surface area contributed by atoms with Gasteiger partial charge in [-0.25, -0.2) is 0 Å². The van der Waals surface area contributed by atoms with Crippen LogP contribution in [0.2, 0.25) is 0 Å².